The quantitative estimate of drug-likeness (QED) is 0.876. The van der Waals surface area contributed by atoms with Crippen LogP contribution in [0, 0.1) is 5.41 Å². The maximum atomic E-state index is 3.42. The first kappa shape index (κ1) is 14.5. The summed E-state index contributed by atoms with van der Waals surface area (Å²) >= 11 is 0. The number of piperazine rings is 1. The van der Waals surface area contributed by atoms with Crippen molar-refractivity contribution in [3.63, 3.8) is 0 Å². The van der Waals surface area contributed by atoms with Gasteiger partial charge in [-0.05, 0) is 29.4 Å². The van der Waals surface area contributed by atoms with E-state index >= 15 is 0 Å². The molecular weight excluding hydrogens is 232 g/mol. The van der Waals surface area contributed by atoms with Gasteiger partial charge in [-0.3, -0.25) is 0 Å². The van der Waals surface area contributed by atoms with Gasteiger partial charge in [0.2, 0.25) is 0 Å². The van der Waals surface area contributed by atoms with Gasteiger partial charge in [-0.1, -0.05) is 45.0 Å². The van der Waals surface area contributed by atoms with Crippen molar-refractivity contribution < 1.29 is 0 Å². The zero-order valence-corrected chi connectivity index (χ0v) is 12.7. The molecule has 1 aromatic carbocycles. The third kappa shape index (κ3) is 4.63. The Bertz CT molecular complexity index is 375. The fourth-order valence-electron chi connectivity index (χ4n) is 2.98. The molecule has 0 unspecified atom stereocenters. The van der Waals surface area contributed by atoms with Crippen molar-refractivity contribution in [1.29, 1.82) is 0 Å². The molecule has 1 aliphatic rings. The van der Waals surface area contributed by atoms with E-state index in [-0.39, 0.29) is 0 Å². The Morgan fingerprint density at radius 2 is 1.63 bits per heavy atom. The SMILES string of the molecule is CCc1ccc(CC(C)(C)CN2CCNCC2)cc1. The van der Waals surface area contributed by atoms with Crippen molar-refractivity contribution in [2.24, 2.45) is 5.41 Å². The zero-order valence-electron chi connectivity index (χ0n) is 12.7. The highest BCUT2D eigenvalue weighted by atomic mass is 15.2. The molecule has 1 aliphatic heterocycles. The second kappa shape index (κ2) is 6.53. The fourth-order valence-corrected chi connectivity index (χ4v) is 2.98. The lowest BCUT2D eigenvalue weighted by molar-refractivity contribution is 0.160. The molecule has 0 aliphatic carbocycles. The predicted octanol–water partition coefficient (Wildman–Crippen LogP) is 2.72. The molecule has 0 radical (unpaired) electrons. The van der Waals surface area contributed by atoms with E-state index in [1.54, 1.807) is 0 Å². The van der Waals surface area contributed by atoms with Gasteiger partial charge < -0.3 is 10.2 Å². The largest absolute Gasteiger partial charge is 0.314 e. The monoisotopic (exact) mass is 260 g/mol. The molecular formula is C17H28N2. The Morgan fingerprint density at radius 1 is 1.05 bits per heavy atom. The van der Waals surface area contributed by atoms with Crippen LogP contribution < -0.4 is 5.32 Å². The van der Waals surface area contributed by atoms with E-state index in [1.807, 2.05) is 0 Å². The van der Waals surface area contributed by atoms with Gasteiger partial charge in [0.05, 0.1) is 0 Å². The van der Waals surface area contributed by atoms with Crippen LogP contribution in [0.1, 0.15) is 31.9 Å². The van der Waals surface area contributed by atoms with Crippen LogP contribution in [0.25, 0.3) is 0 Å². The van der Waals surface area contributed by atoms with E-state index in [2.05, 4.69) is 55.3 Å². The molecule has 0 saturated carbocycles. The smallest absolute Gasteiger partial charge is 0.0108 e. The Balaban J connectivity index is 1.91. The lowest BCUT2D eigenvalue weighted by atomic mass is 9.84. The lowest BCUT2D eigenvalue weighted by Gasteiger charge is -2.35. The average Bonchev–Trinajstić information content (AvgIpc) is 2.39. The topological polar surface area (TPSA) is 15.3 Å². The molecule has 2 heteroatoms. The molecule has 0 atom stereocenters. The van der Waals surface area contributed by atoms with E-state index in [4.69, 9.17) is 0 Å². The Morgan fingerprint density at radius 3 is 2.21 bits per heavy atom. The van der Waals surface area contributed by atoms with Gasteiger partial charge >= 0.3 is 0 Å². The van der Waals surface area contributed by atoms with Crippen molar-refractivity contribution in [1.82, 2.24) is 10.2 Å². The molecule has 0 aromatic heterocycles. The fraction of sp³-hybridized carbons (Fsp3) is 0.647. The Labute approximate surface area is 118 Å². The Hall–Kier alpha value is -0.860. The third-order valence-corrected chi connectivity index (χ3v) is 3.98. The molecule has 1 aromatic rings. The number of hydrogen-bond donors (Lipinski definition) is 1. The normalized spacial score (nSPS) is 17.6. The van der Waals surface area contributed by atoms with Gasteiger partial charge in [-0.15, -0.1) is 0 Å². The minimum Gasteiger partial charge on any atom is -0.314 e. The molecule has 1 N–H and O–H groups in total. The van der Waals surface area contributed by atoms with Crippen LogP contribution in [0.15, 0.2) is 24.3 Å². The van der Waals surface area contributed by atoms with Crippen LogP contribution in [-0.2, 0) is 12.8 Å². The van der Waals surface area contributed by atoms with E-state index in [1.165, 1.54) is 37.2 Å². The number of aryl methyl sites for hydroxylation is 1. The average molecular weight is 260 g/mol. The van der Waals surface area contributed by atoms with E-state index in [9.17, 15) is 0 Å². The molecule has 19 heavy (non-hydrogen) atoms. The summed E-state index contributed by atoms with van der Waals surface area (Å²) in [5, 5.41) is 3.42. The number of rotatable bonds is 5. The van der Waals surface area contributed by atoms with Crippen LogP contribution in [0.2, 0.25) is 0 Å². The maximum Gasteiger partial charge on any atom is 0.0108 e. The molecule has 106 valence electrons. The van der Waals surface area contributed by atoms with E-state index in [0.29, 0.717) is 5.41 Å². The lowest BCUT2D eigenvalue weighted by Crippen LogP contribution is -2.47. The summed E-state index contributed by atoms with van der Waals surface area (Å²) in [5.41, 5.74) is 3.26. The van der Waals surface area contributed by atoms with Gasteiger partial charge in [-0.25, -0.2) is 0 Å². The summed E-state index contributed by atoms with van der Waals surface area (Å²) in [6, 6.07) is 9.16. The highest BCUT2D eigenvalue weighted by molar-refractivity contribution is 5.23. The van der Waals surface area contributed by atoms with Crippen molar-refractivity contribution >= 4 is 0 Å². The predicted molar refractivity (Wildman–Crippen MR) is 82.6 cm³/mol. The molecule has 0 spiro atoms. The van der Waals surface area contributed by atoms with Crippen molar-refractivity contribution in [2.75, 3.05) is 32.7 Å². The summed E-state index contributed by atoms with van der Waals surface area (Å²) in [4.78, 5) is 2.59. The Kier molecular flexibility index (Phi) is 5.00. The first-order valence-corrected chi connectivity index (χ1v) is 7.60. The molecule has 2 nitrogen and oxygen atoms in total. The number of benzene rings is 1. The van der Waals surface area contributed by atoms with Crippen LogP contribution >= 0.6 is 0 Å². The minimum atomic E-state index is 0.352. The van der Waals surface area contributed by atoms with E-state index < -0.39 is 0 Å². The molecule has 0 bridgehead atoms. The minimum absolute atomic E-state index is 0.352. The van der Waals surface area contributed by atoms with Crippen LogP contribution in [-0.4, -0.2) is 37.6 Å². The van der Waals surface area contributed by atoms with Gasteiger partial charge in [0.25, 0.3) is 0 Å². The highest BCUT2D eigenvalue weighted by Gasteiger charge is 2.23. The summed E-state index contributed by atoms with van der Waals surface area (Å²) in [7, 11) is 0. The molecule has 2 rings (SSSR count). The number of hydrogen-bond acceptors (Lipinski definition) is 2. The zero-order chi connectivity index (χ0) is 13.7. The van der Waals surface area contributed by atoms with Crippen LogP contribution in [0.5, 0.6) is 0 Å². The molecule has 0 amide bonds. The van der Waals surface area contributed by atoms with Gasteiger partial charge in [-0.2, -0.15) is 0 Å². The maximum absolute atomic E-state index is 3.42. The first-order valence-electron chi connectivity index (χ1n) is 7.60. The summed E-state index contributed by atoms with van der Waals surface area (Å²) in [6.07, 6.45) is 2.30. The third-order valence-electron chi connectivity index (χ3n) is 3.98. The number of nitrogens with zero attached hydrogens (tertiary/aromatic N) is 1. The second-order valence-corrected chi connectivity index (χ2v) is 6.54. The van der Waals surface area contributed by atoms with Crippen molar-refractivity contribution in [3.05, 3.63) is 35.4 Å². The van der Waals surface area contributed by atoms with Crippen LogP contribution in [0.4, 0.5) is 0 Å². The van der Waals surface area contributed by atoms with Crippen molar-refractivity contribution in [3.8, 4) is 0 Å². The molecule has 1 saturated heterocycles. The van der Waals surface area contributed by atoms with Gasteiger partial charge in [0, 0.05) is 32.7 Å². The van der Waals surface area contributed by atoms with Crippen molar-refractivity contribution in [2.45, 2.75) is 33.6 Å². The van der Waals surface area contributed by atoms with E-state index in [0.717, 1.165) is 19.5 Å². The standard InChI is InChI=1S/C17H28N2/c1-4-15-5-7-16(8-6-15)13-17(2,3)14-19-11-9-18-10-12-19/h5-8,18H,4,9-14H2,1-3H3. The summed E-state index contributed by atoms with van der Waals surface area (Å²) < 4.78 is 0. The number of nitrogens with one attached hydrogen (secondary N) is 1. The summed E-state index contributed by atoms with van der Waals surface area (Å²) in [5.74, 6) is 0. The van der Waals surface area contributed by atoms with Gasteiger partial charge in [0.1, 0.15) is 0 Å². The molecule has 1 fully saturated rings. The first-order chi connectivity index (χ1) is 9.09. The second-order valence-electron chi connectivity index (χ2n) is 6.54. The van der Waals surface area contributed by atoms with Gasteiger partial charge in [0.15, 0.2) is 0 Å². The highest BCUT2D eigenvalue weighted by Crippen LogP contribution is 2.23. The summed E-state index contributed by atoms with van der Waals surface area (Å²) in [6.45, 7) is 12.9. The molecule has 1 heterocycles. The van der Waals surface area contributed by atoms with Crippen LogP contribution in [0.3, 0.4) is 0 Å².